The van der Waals surface area contributed by atoms with Crippen LogP contribution in [0.3, 0.4) is 0 Å². The van der Waals surface area contributed by atoms with Gasteiger partial charge in [0.25, 0.3) is 0 Å². The highest BCUT2D eigenvalue weighted by Crippen LogP contribution is 2.33. The van der Waals surface area contributed by atoms with Crippen LogP contribution in [-0.4, -0.2) is 25.3 Å². The van der Waals surface area contributed by atoms with E-state index >= 15 is 0 Å². The topological polar surface area (TPSA) is 87.0 Å². The van der Waals surface area contributed by atoms with Gasteiger partial charge in [0.2, 0.25) is 18.5 Å². The maximum atomic E-state index is 12.4. The molecule has 0 spiro atoms. The van der Waals surface area contributed by atoms with E-state index in [-0.39, 0.29) is 24.8 Å². The number of fused-ring (bicyclic) bond motifs is 2. The fourth-order valence-corrected chi connectivity index (χ4v) is 2.86. The van der Waals surface area contributed by atoms with Gasteiger partial charge in [0.1, 0.15) is 11.3 Å². The Morgan fingerprint density at radius 2 is 1.96 bits per heavy atom. The summed E-state index contributed by atoms with van der Waals surface area (Å²) in [5.74, 6) is 0.231. The van der Waals surface area contributed by atoms with Crippen LogP contribution in [0.25, 0.3) is 17.0 Å². The largest absolute Gasteiger partial charge is 0.460 e. The fourth-order valence-electron chi connectivity index (χ4n) is 2.86. The molecule has 2 aromatic carbocycles. The molecular weight excluding hydrogens is 362 g/mol. The van der Waals surface area contributed by atoms with E-state index in [2.05, 4.69) is 5.32 Å². The van der Waals surface area contributed by atoms with E-state index in [1.807, 2.05) is 6.07 Å². The standard InChI is InChI=1S/C21H17NO6/c1-2-25-21(24)20-19(14-5-3-4-6-15(14)28-20)22-18(23)10-8-13-7-9-16-17(11-13)27-12-26-16/h3-11H,2,12H2,1H3,(H,22,23)/b10-8+. The number of nitrogens with one attached hydrogen (secondary N) is 1. The quantitative estimate of drug-likeness (QED) is 0.533. The van der Waals surface area contributed by atoms with E-state index in [0.717, 1.165) is 5.56 Å². The first kappa shape index (κ1) is 17.7. The molecule has 0 saturated heterocycles. The van der Waals surface area contributed by atoms with Gasteiger partial charge in [-0.15, -0.1) is 0 Å². The Bertz CT molecular complexity index is 1080. The summed E-state index contributed by atoms with van der Waals surface area (Å²) in [7, 11) is 0. The molecule has 0 aliphatic carbocycles. The molecule has 28 heavy (non-hydrogen) atoms. The smallest absolute Gasteiger partial charge is 0.376 e. The van der Waals surface area contributed by atoms with Gasteiger partial charge in [0.05, 0.1) is 6.61 Å². The lowest BCUT2D eigenvalue weighted by atomic mass is 10.2. The Morgan fingerprint density at radius 1 is 1.14 bits per heavy atom. The van der Waals surface area contributed by atoms with Gasteiger partial charge >= 0.3 is 5.97 Å². The monoisotopic (exact) mass is 379 g/mol. The lowest BCUT2D eigenvalue weighted by molar-refractivity contribution is -0.111. The molecule has 4 rings (SSSR count). The van der Waals surface area contributed by atoms with Crippen molar-refractivity contribution in [3.63, 3.8) is 0 Å². The number of carbonyl (C=O) groups excluding carboxylic acids is 2. The van der Waals surface area contributed by atoms with Gasteiger partial charge in [0, 0.05) is 11.5 Å². The molecule has 0 saturated carbocycles. The van der Waals surface area contributed by atoms with E-state index in [4.69, 9.17) is 18.6 Å². The summed E-state index contributed by atoms with van der Waals surface area (Å²) in [6, 6.07) is 12.4. The molecule has 1 aliphatic heterocycles. The van der Waals surface area contributed by atoms with E-state index in [0.29, 0.717) is 22.5 Å². The first-order valence-corrected chi connectivity index (χ1v) is 8.73. The molecule has 1 amide bonds. The van der Waals surface area contributed by atoms with Gasteiger partial charge in [-0.25, -0.2) is 4.79 Å². The Balaban J connectivity index is 1.58. The normalized spacial score (nSPS) is 12.5. The van der Waals surface area contributed by atoms with Crippen LogP contribution in [0.1, 0.15) is 23.0 Å². The number of hydrogen-bond donors (Lipinski definition) is 1. The number of rotatable bonds is 5. The Kier molecular flexibility index (Phi) is 4.72. The number of para-hydroxylation sites is 1. The second kappa shape index (κ2) is 7.48. The van der Waals surface area contributed by atoms with Gasteiger partial charge in [-0.1, -0.05) is 18.2 Å². The molecule has 142 valence electrons. The minimum Gasteiger partial charge on any atom is -0.460 e. The first-order valence-electron chi connectivity index (χ1n) is 8.73. The predicted molar refractivity (Wildman–Crippen MR) is 102 cm³/mol. The summed E-state index contributed by atoms with van der Waals surface area (Å²) in [6.45, 7) is 2.09. The molecule has 1 aromatic heterocycles. The summed E-state index contributed by atoms with van der Waals surface area (Å²) in [5.41, 5.74) is 1.55. The first-order chi connectivity index (χ1) is 13.7. The maximum absolute atomic E-state index is 12.4. The zero-order valence-corrected chi connectivity index (χ0v) is 15.1. The summed E-state index contributed by atoms with van der Waals surface area (Å²) in [6.07, 6.45) is 3.01. The highest BCUT2D eigenvalue weighted by atomic mass is 16.7. The Morgan fingerprint density at radius 3 is 2.82 bits per heavy atom. The van der Waals surface area contributed by atoms with Crippen LogP contribution < -0.4 is 14.8 Å². The van der Waals surface area contributed by atoms with Crippen LogP contribution in [-0.2, 0) is 9.53 Å². The SMILES string of the molecule is CCOC(=O)c1oc2ccccc2c1NC(=O)/C=C/c1ccc2c(c1)OCO2. The lowest BCUT2D eigenvalue weighted by Gasteiger charge is -2.04. The van der Waals surface area contributed by atoms with Crippen molar-refractivity contribution < 1.29 is 28.2 Å². The molecular formula is C21H17NO6. The van der Waals surface area contributed by atoms with Crippen molar-refractivity contribution >= 4 is 34.6 Å². The number of furan rings is 1. The fraction of sp³-hybridized carbons (Fsp3) is 0.143. The second-order valence-corrected chi connectivity index (χ2v) is 5.96. The summed E-state index contributed by atoms with van der Waals surface area (Å²) < 4.78 is 21.2. The highest BCUT2D eigenvalue weighted by molar-refractivity contribution is 6.12. The van der Waals surface area contributed by atoms with Crippen LogP contribution in [0.5, 0.6) is 11.5 Å². The number of hydrogen-bond acceptors (Lipinski definition) is 6. The van der Waals surface area contributed by atoms with Crippen molar-refractivity contribution in [1.29, 1.82) is 0 Å². The third kappa shape index (κ3) is 3.42. The van der Waals surface area contributed by atoms with Crippen molar-refractivity contribution in [3.05, 3.63) is 59.9 Å². The number of carbonyl (C=O) groups is 2. The molecule has 1 N–H and O–H groups in total. The molecule has 0 atom stereocenters. The van der Waals surface area contributed by atoms with Crippen molar-refractivity contribution in [1.82, 2.24) is 0 Å². The highest BCUT2D eigenvalue weighted by Gasteiger charge is 2.22. The van der Waals surface area contributed by atoms with Gasteiger partial charge in [0.15, 0.2) is 11.5 Å². The predicted octanol–water partition coefficient (Wildman–Crippen LogP) is 3.99. The summed E-state index contributed by atoms with van der Waals surface area (Å²) >= 11 is 0. The van der Waals surface area contributed by atoms with Crippen molar-refractivity contribution in [2.75, 3.05) is 18.7 Å². The van der Waals surface area contributed by atoms with E-state index in [1.54, 1.807) is 49.4 Å². The van der Waals surface area contributed by atoms with Crippen LogP contribution in [0.2, 0.25) is 0 Å². The average molecular weight is 379 g/mol. The van der Waals surface area contributed by atoms with Crippen LogP contribution in [0.4, 0.5) is 5.69 Å². The maximum Gasteiger partial charge on any atom is 0.376 e. The summed E-state index contributed by atoms with van der Waals surface area (Å²) in [4.78, 5) is 24.6. The summed E-state index contributed by atoms with van der Waals surface area (Å²) in [5, 5.41) is 3.34. The lowest BCUT2D eigenvalue weighted by Crippen LogP contribution is -2.12. The molecule has 0 bridgehead atoms. The third-order valence-electron chi connectivity index (χ3n) is 4.13. The van der Waals surface area contributed by atoms with Gasteiger partial charge < -0.3 is 23.9 Å². The minimum atomic E-state index is -0.631. The number of anilines is 1. The number of amides is 1. The number of ether oxygens (including phenoxy) is 3. The van der Waals surface area contributed by atoms with Crippen molar-refractivity contribution in [2.24, 2.45) is 0 Å². The van der Waals surface area contributed by atoms with Crippen LogP contribution >= 0.6 is 0 Å². The Labute approximate surface area is 160 Å². The number of esters is 1. The minimum absolute atomic E-state index is 0.0344. The zero-order valence-electron chi connectivity index (χ0n) is 15.1. The van der Waals surface area contributed by atoms with Crippen molar-refractivity contribution in [2.45, 2.75) is 6.92 Å². The third-order valence-corrected chi connectivity index (χ3v) is 4.13. The van der Waals surface area contributed by atoms with E-state index in [9.17, 15) is 9.59 Å². The van der Waals surface area contributed by atoms with E-state index < -0.39 is 11.9 Å². The van der Waals surface area contributed by atoms with Gasteiger partial charge in [-0.3, -0.25) is 4.79 Å². The zero-order chi connectivity index (χ0) is 19.5. The molecule has 0 fully saturated rings. The molecule has 0 unspecified atom stereocenters. The number of benzene rings is 2. The van der Waals surface area contributed by atoms with Gasteiger partial charge in [-0.2, -0.15) is 0 Å². The second-order valence-electron chi connectivity index (χ2n) is 5.96. The molecule has 3 aromatic rings. The molecule has 7 nitrogen and oxygen atoms in total. The van der Waals surface area contributed by atoms with Crippen molar-refractivity contribution in [3.8, 4) is 11.5 Å². The molecule has 1 aliphatic rings. The van der Waals surface area contributed by atoms with Crippen LogP contribution in [0, 0.1) is 0 Å². The van der Waals surface area contributed by atoms with Gasteiger partial charge in [-0.05, 0) is 42.8 Å². The van der Waals surface area contributed by atoms with E-state index in [1.165, 1.54) is 6.08 Å². The average Bonchev–Trinajstić information content (AvgIpc) is 3.31. The molecule has 0 radical (unpaired) electrons. The molecule has 7 heteroatoms. The van der Waals surface area contributed by atoms with Crippen LogP contribution in [0.15, 0.2) is 53.0 Å². The Hall–Kier alpha value is -3.74. The molecule has 2 heterocycles.